The van der Waals surface area contributed by atoms with Crippen LogP contribution in [0.15, 0.2) is 46.9 Å². The first kappa shape index (κ1) is 16.0. The lowest BCUT2D eigenvalue weighted by molar-refractivity contribution is -0.115. The molecule has 2 aromatic rings. The molecular formula is C18H18BrFN2O. The molecule has 0 spiro atoms. The number of carbonyl (C=O) groups excluding carboxylic acids is 1. The Bertz CT molecular complexity index is 714. The first-order valence-corrected chi connectivity index (χ1v) is 8.50. The summed E-state index contributed by atoms with van der Waals surface area (Å²) in [5.41, 5.74) is 2.36. The minimum absolute atomic E-state index is 0.144. The summed E-state index contributed by atoms with van der Waals surface area (Å²) in [4.78, 5) is 14.5. The van der Waals surface area contributed by atoms with Gasteiger partial charge >= 0.3 is 0 Å². The maximum atomic E-state index is 13.6. The van der Waals surface area contributed by atoms with Gasteiger partial charge in [-0.1, -0.05) is 28.1 Å². The quantitative estimate of drug-likeness (QED) is 0.858. The second kappa shape index (κ2) is 7.13. The molecule has 1 saturated heterocycles. The smallest absolute Gasteiger partial charge is 0.228 e. The average Bonchev–Trinajstić information content (AvgIpc) is 3.01. The monoisotopic (exact) mass is 376 g/mol. The van der Waals surface area contributed by atoms with E-state index in [0.717, 1.165) is 41.7 Å². The normalized spacial score (nSPS) is 14.1. The summed E-state index contributed by atoms with van der Waals surface area (Å²) in [5.74, 6) is -0.486. The highest BCUT2D eigenvalue weighted by atomic mass is 79.9. The van der Waals surface area contributed by atoms with Crippen LogP contribution in [0.25, 0.3) is 0 Å². The van der Waals surface area contributed by atoms with Gasteiger partial charge in [0.1, 0.15) is 5.82 Å². The lowest BCUT2D eigenvalue weighted by atomic mass is 10.1. The molecule has 1 heterocycles. The van der Waals surface area contributed by atoms with Crippen LogP contribution in [0.5, 0.6) is 0 Å². The van der Waals surface area contributed by atoms with E-state index in [1.165, 1.54) is 12.1 Å². The average molecular weight is 377 g/mol. The van der Waals surface area contributed by atoms with Crippen LogP contribution in [0.4, 0.5) is 15.8 Å². The molecule has 0 bridgehead atoms. The molecule has 3 rings (SSSR count). The molecule has 1 N–H and O–H groups in total. The lowest BCUT2D eigenvalue weighted by Crippen LogP contribution is -2.22. The number of amides is 1. The SMILES string of the molecule is O=C(Cc1cccc(Br)c1)Nc1cc(F)ccc1N1CCCC1. The van der Waals surface area contributed by atoms with Crippen molar-refractivity contribution in [3.8, 4) is 0 Å². The number of anilines is 2. The van der Waals surface area contributed by atoms with Crippen LogP contribution in [0.1, 0.15) is 18.4 Å². The van der Waals surface area contributed by atoms with E-state index in [1.54, 1.807) is 6.07 Å². The van der Waals surface area contributed by atoms with Crippen LogP contribution in [0, 0.1) is 5.82 Å². The van der Waals surface area contributed by atoms with Gasteiger partial charge in [0.05, 0.1) is 17.8 Å². The second-order valence-corrected chi connectivity index (χ2v) is 6.63. The van der Waals surface area contributed by atoms with Gasteiger partial charge in [-0.15, -0.1) is 0 Å². The Labute approximate surface area is 143 Å². The van der Waals surface area contributed by atoms with Crippen molar-refractivity contribution in [3.63, 3.8) is 0 Å². The van der Waals surface area contributed by atoms with Crippen LogP contribution >= 0.6 is 15.9 Å². The van der Waals surface area contributed by atoms with Gasteiger partial charge in [-0.25, -0.2) is 4.39 Å². The van der Waals surface area contributed by atoms with Crippen LogP contribution in [0.3, 0.4) is 0 Å². The van der Waals surface area contributed by atoms with E-state index in [9.17, 15) is 9.18 Å². The molecule has 1 amide bonds. The first-order chi connectivity index (χ1) is 11.1. The highest BCUT2D eigenvalue weighted by Gasteiger charge is 2.17. The molecule has 120 valence electrons. The second-order valence-electron chi connectivity index (χ2n) is 5.71. The molecule has 0 aliphatic carbocycles. The minimum Gasteiger partial charge on any atom is -0.370 e. The Hall–Kier alpha value is -1.88. The summed E-state index contributed by atoms with van der Waals surface area (Å²) >= 11 is 3.40. The van der Waals surface area contributed by atoms with Gasteiger partial charge in [-0.3, -0.25) is 4.79 Å². The molecule has 0 unspecified atom stereocenters. The molecule has 2 aromatic carbocycles. The zero-order chi connectivity index (χ0) is 16.2. The molecule has 1 fully saturated rings. The van der Waals surface area contributed by atoms with Crippen LogP contribution in [-0.4, -0.2) is 19.0 Å². The summed E-state index contributed by atoms with van der Waals surface area (Å²) in [5, 5.41) is 2.86. The number of nitrogens with zero attached hydrogens (tertiary/aromatic N) is 1. The predicted molar refractivity (Wildman–Crippen MR) is 94.3 cm³/mol. The Morgan fingerprint density at radius 3 is 2.70 bits per heavy atom. The number of rotatable bonds is 4. The molecule has 3 nitrogen and oxygen atoms in total. The van der Waals surface area contributed by atoms with Crippen LogP contribution in [-0.2, 0) is 11.2 Å². The molecular weight excluding hydrogens is 359 g/mol. The third-order valence-electron chi connectivity index (χ3n) is 3.93. The maximum Gasteiger partial charge on any atom is 0.228 e. The Kier molecular flexibility index (Phi) is 4.96. The van der Waals surface area contributed by atoms with Crippen LogP contribution in [0.2, 0.25) is 0 Å². The molecule has 0 radical (unpaired) electrons. The molecule has 0 saturated carbocycles. The standard InChI is InChI=1S/C18H18BrFN2O/c19-14-5-3-4-13(10-14)11-18(23)21-16-12-15(20)6-7-17(16)22-8-1-2-9-22/h3-7,10,12H,1-2,8-9,11H2,(H,21,23). The van der Waals surface area contributed by atoms with E-state index in [1.807, 2.05) is 24.3 Å². The highest BCUT2D eigenvalue weighted by molar-refractivity contribution is 9.10. The van der Waals surface area contributed by atoms with Crippen LogP contribution < -0.4 is 10.2 Å². The number of nitrogens with one attached hydrogen (secondary N) is 1. The number of carbonyl (C=O) groups is 1. The topological polar surface area (TPSA) is 32.3 Å². The Morgan fingerprint density at radius 2 is 1.96 bits per heavy atom. The van der Waals surface area contributed by atoms with E-state index >= 15 is 0 Å². The predicted octanol–water partition coefficient (Wildman–Crippen LogP) is 4.37. The summed E-state index contributed by atoms with van der Waals surface area (Å²) in [6, 6.07) is 12.2. The van der Waals surface area contributed by atoms with Gasteiger partial charge in [-0.05, 0) is 48.7 Å². The van der Waals surface area contributed by atoms with Crippen molar-refractivity contribution < 1.29 is 9.18 Å². The van der Waals surface area contributed by atoms with E-state index in [-0.39, 0.29) is 18.1 Å². The summed E-state index contributed by atoms with van der Waals surface area (Å²) in [6.45, 7) is 1.89. The molecule has 1 aliphatic heterocycles. The fourth-order valence-corrected chi connectivity index (χ4v) is 3.32. The van der Waals surface area contributed by atoms with Crippen molar-refractivity contribution in [2.45, 2.75) is 19.3 Å². The van der Waals surface area contributed by atoms with Gasteiger partial charge in [0, 0.05) is 17.6 Å². The van der Waals surface area contributed by atoms with Crippen molar-refractivity contribution >= 4 is 33.2 Å². The minimum atomic E-state index is -0.342. The molecule has 1 aliphatic rings. The molecule has 0 aromatic heterocycles. The largest absolute Gasteiger partial charge is 0.370 e. The summed E-state index contributed by atoms with van der Waals surface area (Å²) in [7, 11) is 0. The Morgan fingerprint density at radius 1 is 1.17 bits per heavy atom. The summed E-state index contributed by atoms with van der Waals surface area (Å²) in [6.07, 6.45) is 2.51. The van der Waals surface area contributed by atoms with Gasteiger partial charge in [0.15, 0.2) is 0 Å². The van der Waals surface area contributed by atoms with Crippen molar-refractivity contribution in [1.29, 1.82) is 0 Å². The van der Waals surface area contributed by atoms with E-state index in [2.05, 4.69) is 26.1 Å². The fraction of sp³-hybridized carbons (Fsp3) is 0.278. The Balaban J connectivity index is 1.76. The van der Waals surface area contributed by atoms with E-state index in [0.29, 0.717) is 5.69 Å². The van der Waals surface area contributed by atoms with Crippen molar-refractivity contribution in [2.24, 2.45) is 0 Å². The molecule has 23 heavy (non-hydrogen) atoms. The maximum absolute atomic E-state index is 13.6. The number of halogens is 2. The fourth-order valence-electron chi connectivity index (χ4n) is 2.87. The first-order valence-electron chi connectivity index (χ1n) is 7.70. The number of benzene rings is 2. The third kappa shape index (κ3) is 4.10. The number of hydrogen-bond acceptors (Lipinski definition) is 2. The summed E-state index contributed by atoms with van der Waals surface area (Å²) < 4.78 is 14.5. The zero-order valence-electron chi connectivity index (χ0n) is 12.7. The van der Waals surface area contributed by atoms with Crippen molar-refractivity contribution in [3.05, 3.63) is 58.3 Å². The highest BCUT2D eigenvalue weighted by Crippen LogP contribution is 2.29. The third-order valence-corrected chi connectivity index (χ3v) is 4.43. The number of hydrogen-bond donors (Lipinski definition) is 1. The van der Waals surface area contributed by atoms with E-state index in [4.69, 9.17) is 0 Å². The van der Waals surface area contributed by atoms with Crippen molar-refractivity contribution in [2.75, 3.05) is 23.3 Å². The van der Waals surface area contributed by atoms with Crippen molar-refractivity contribution in [1.82, 2.24) is 0 Å². The van der Waals surface area contributed by atoms with Gasteiger partial charge < -0.3 is 10.2 Å². The lowest BCUT2D eigenvalue weighted by Gasteiger charge is -2.21. The molecule has 0 atom stereocenters. The van der Waals surface area contributed by atoms with Gasteiger partial charge in [0.2, 0.25) is 5.91 Å². The van der Waals surface area contributed by atoms with Gasteiger partial charge in [0.25, 0.3) is 0 Å². The molecule has 5 heteroatoms. The zero-order valence-corrected chi connectivity index (χ0v) is 14.3. The van der Waals surface area contributed by atoms with E-state index < -0.39 is 0 Å². The van der Waals surface area contributed by atoms with Gasteiger partial charge in [-0.2, -0.15) is 0 Å².